The first-order chi connectivity index (χ1) is 15.9. The van der Waals surface area contributed by atoms with E-state index in [1.165, 1.54) is 5.56 Å². The first-order valence-corrected chi connectivity index (χ1v) is 11.4. The molecule has 0 saturated heterocycles. The number of hydrogen-bond acceptors (Lipinski definition) is 3. The molecule has 0 radical (unpaired) electrons. The monoisotopic (exact) mass is 449 g/mol. The van der Waals surface area contributed by atoms with Crippen LogP contribution in [0.4, 0.5) is 0 Å². The van der Waals surface area contributed by atoms with Crippen molar-refractivity contribution in [2.75, 3.05) is 0 Å². The van der Waals surface area contributed by atoms with Crippen molar-refractivity contribution in [2.24, 2.45) is 0 Å². The molecule has 0 bridgehead atoms. The van der Waals surface area contributed by atoms with E-state index in [1.54, 1.807) is 0 Å². The van der Waals surface area contributed by atoms with Crippen LogP contribution in [0.25, 0.3) is 44.7 Å². The van der Waals surface area contributed by atoms with Gasteiger partial charge in [0.25, 0.3) is 0 Å². The van der Waals surface area contributed by atoms with E-state index in [-0.39, 0.29) is 10.7 Å². The molecule has 0 aliphatic heterocycles. The Morgan fingerprint density at radius 3 is 2.00 bits per heavy atom. The summed E-state index contributed by atoms with van der Waals surface area (Å²) in [7, 11) is 0. The van der Waals surface area contributed by atoms with Gasteiger partial charge >= 0.3 is 0 Å². The fourth-order valence-corrected chi connectivity index (χ4v) is 4.17. The standard InChI is InChI=1S/C29H24ClN3/c1-29(2,3)23-15-13-20(14-16-23)26-31-27(33-28(30)32-26)25-18-22(19-9-5-4-6-10-19)17-21-11-7-8-12-24(21)25/h4-18H,1-3H3. The Labute approximate surface area is 199 Å². The summed E-state index contributed by atoms with van der Waals surface area (Å²) in [6.07, 6.45) is 0. The highest BCUT2D eigenvalue weighted by atomic mass is 35.5. The molecule has 0 aliphatic rings. The Morgan fingerprint density at radius 1 is 0.606 bits per heavy atom. The van der Waals surface area contributed by atoms with Crippen LogP contribution >= 0.6 is 11.6 Å². The molecule has 33 heavy (non-hydrogen) atoms. The van der Waals surface area contributed by atoms with Gasteiger partial charge in [-0.05, 0) is 56.6 Å². The van der Waals surface area contributed by atoms with Gasteiger partial charge < -0.3 is 0 Å². The summed E-state index contributed by atoms with van der Waals surface area (Å²) in [4.78, 5) is 13.8. The molecule has 1 aromatic heterocycles. The lowest BCUT2D eigenvalue weighted by Gasteiger charge is -2.19. The Bertz CT molecular complexity index is 1440. The van der Waals surface area contributed by atoms with Gasteiger partial charge in [-0.25, -0.2) is 4.98 Å². The maximum absolute atomic E-state index is 6.40. The van der Waals surface area contributed by atoms with Crippen LogP contribution in [0.3, 0.4) is 0 Å². The van der Waals surface area contributed by atoms with Crippen LogP contribution in [0, 0.1) is 0 Å². The Hall–Kier alpha value is -3.56. The maximum Gasteiger partial charge on any atom is 0.226 e. The highest BCUT2D eigenvalue weighted by Gasteiger charge is 2.16. The van der Waals surface area contributed by atoms with Crippen molar-refractivity contribution >= 4 is 22.4 Å². The summed E-state index contributed by atoms with van der Waals surface area (Å²) in [5, 5.41) is 2.39. The average Bonchev–Trinajstić information content (AvgIpc) is 2.83. The summed E-state index contributed by atoms with van der Waals surface area (Å²) in [5.41, 5.74) is 5.44. The molecule has 0 saturated carbocycles. The molecule has 0 unspecified atom stereocenters. The van der Waals surface area contributed by atoms with Crippen molar-refractivity contribution in [3.8, 4) is 33.9 Å². The highest BCUT2D eigenvalue weighted by molar-refractivity contribution is 6.28. The summed E-state index contributed by atoms with van der Waals surface area (Å²) < 4.78 is 0. The molecule has 5 aromatic rings. The van der Waals surface area contributed by atoms with Crippen LogP contribution in [0.15, 0.2) is 91.0 Å². The molecule has 0 aliphatic carbocycles. The van der Waals surface area contributed by atoms with Crippen molar-refractivity contribution in [3.63, 3.8) is 0 Å². The molecular weight excluding hydrogens is 426 g/mol. The van der Waals surface area contributed by atoms with Gasteiger partial charge in [0.2, 0.25) is 5.28 Å². The van der Waals surface area contributed by atoms with E-state index in [9.17, 15) is 0 Å². The van der Waals surface area contributed by atoms with Crippen molar-refractivity contribution in [3.05, 3.63) is 102 Å². The third kappa shape index (κ3) is 4.37. The van der Waals surface area contributed by atoms with E-state index in [1.807, 2.05) is 30.3 Å². The Balaban J connectivity index is 1.67. The van der Waals surface area contributed by atoms with Crippen molar-refractivity contribution in [1.82, 2.24) is 15.0 Å². The van der Waals surface area contributed by atoms with E-state index in [4.69, 9.17) is 16.6 Å². The van der Waals surface area contributed by atoms with Crippen LogP contribution < -0.4 is 0 Å². The van der Waals surface area contributed by atoms with Crippen LogP contribution in [0.1, 0.15) is 26.3 Å². The molecule has 4 heteroatoms. The number of halogens is 1. The normalized spacial score (nSPS) is 11.6. The van der Waals surface area contributed by atoms with Gasteiger partial charge in [-0.2, -0.15) is 9.97 Å². The van der Waals surface area contributed by atoms with Gasteiger partial charge in [0, 0.05) is 11.1 Å². The number of benzene rings is 4. The summed E-state index contributed by atoms with van der Waals surface area (Å²) >= 11 is 6.40. The van der Waals surface area contributed by atoms with Gasteiger partial charge in [-0.1, -0.05) is 99.6 Å². The van der Waals surface area contributed by atoms with Crippen LogP contribution in [-0.2, 0) is 5.41 Å². The minimum Gasteiger partial charge on any atom is -0.208 e. The molecule has 3 nitrogen and oxygen atoms in total. The fourth-order valence-electron chi connectivity index (χ4n) is 4.01. The first kappa shape index (κ1) is 21.3. The van der Waals surface area contributed by atoms with Gasteiger partial charge in [0.1, 0.15) is 0 Å². The molecule has 0 fully saturated rings. The van der Waals surface area contributed by atoms with Crippen LogP contribution in [0.2, 0.25) is 5.28 Å². The molecule has 1 heterocycles. The summed E-state index contributed by atoms with van der Waals surface area (Å²) in [6.45, 7) is 6.60. The number of hydrogen-bond donors (Lipinski definition) is 0. The molecule has 162 valence electrons. The summed E-state index contributed by atoms with van der Waals surface area (Å²) in [6, 6.07) is 31.3. The second-order valence-corrected chi connectivity index (χ2v) is 9.53. The molecular formula is C29H24ClN3. The average molecular weight is 450 g/mol. The second-order valence-electron chi connectivity index (χ2n) is 9.19. The third-order valence-corrected chi connectivity index (χ3v) is 6.00. The maximum atomic E-state index is 6.40. The Morgan fingerprint density at radius 2 is 1.27 bits per heavy atom. The lowest BCUT2D eigenvalue weighted by Crippen LogP contribution is -2.10. The minimum absolute atomic E-state index is 0.0806. The lowest BCUT2D eigenvalue weighted by atomic mass is 9.87. The SMILES string of the molecule is CC(C)(C)c1ccc(-c2nc(Cl)nc(-c3cc(-c4ccccc4)cc4ccccc34)n2)cc1. The topological polar surface area (TPSA) is 38.7 Å². The van der Waals surface area contributed by atoms with E-state index < -0.39 is 0 Å². The van der Waals surface area contributed by atoms with E-state index in [0.29, 0.717) is 11.6 Å². The zero-order valence-electron chi connectivity index (χ0n) is 18.9. The van der Waals surface area contributed by atoms with E-state index in [2.05, 4.69) is 91.4 Å². The van der Waals surface area contributed by atoms with Gasteiger partial charge in [0.15, 0.2) is 11.6 Å². The molecule has 0 spiro atoms. The van der Waals surface area contributed by atoms with Crippen molar-refractivity contribution in [2.45, 2.75) is 26.2 Å². The minimum atomic E-state index is 0.0806. The number of fused-ring (bicyclic) bond motifs is 1. The zero-order chi connectivity index (χ0) is 23.0. The highest BCUT2D eigenvalue weighted by Crippen LogP contribution is 2.34. The van der Waals surface area contributed by atoms with E-state index >= 15 is 0 Å². The smallest absolute Gasteiger partial charge is 0.208 e. The summed E-state index contributed by atoms with van der Waals surface area (Å²) in [5.74, 6) is 1.14. The van der Waals surface area contributed by atoms with Crippen molar-refractivity contribution in [1.29, 1.82) is 0 Å². The largest absolute Gasteiger partial charge is 0.226 e. The lowest BCUT2D eigenvalue weighted by molar-refractivity contribution is 0.590. The fraction of sp³-hybridized carbons (Fsp3) is 0.138. The number of nitrogens with zero attached hydrogens (tertiary/aromatic N) is 3. The van der Waals surface area contributed by atoms with Crippen LogP contribution in [-0.4, -0.2) is 15.0 Å². The second kappa shape index (κ2) is 8.42. The molecule has 5 rings (SSSR count). The van der Waals surface area contributed by atoms with Gasteiger partial charge in [-0.15, -0.1) is 0 Å². The van der Waals surface area contributed by atoms with Crippen LogP contribution in [0.5, 0.6) is 0 Å². The third-order valence-electron chi connectivity index (χ3n) is 5.83. The zero-order valence-corrected chi connectivity index (χ0v) is 19.6. The molecule has 0 N–H and O–H groups in total. The number of aromatic nitrogens is 3. The molecule has 0 atom stereocenters. The molecule has 4 aromatic carbocycles. The quantitative estimate of drug-likeness (QED) is 0.280. The predicted molar refractivity (Wildman–Crippen MR) is 137 cm³/mol. The molecule has 0 amide bonds. The first-order valence-electron chi connectivity index (χ1n) is 11.0. The predicted octanol–water partition coefficient (Wildman–Crippen LogP) is 7.98. The van der Waals surface area contributed by atoms with Gasteiger partial charge in [-0.3, -0.25) is 0 Å². The van der Waals surface area contributed by atoms with E-state index in [0.717, 1.165) is 33.0 Å². The van der Waals surface area contributed by atoms with Crippen molar-refractivity contribution < 1.29 is 0 Å². The Kier molecular flexibility index (Phi) is 5.43. The van der Waals surface area contributed by atoms with Gasteiger partial charge in [0.05, 0.1) is 0 Å². The number of rotatable bonds is 3.